The maximum atomic E-state index is 12.5. The molecule has 5 heteroatoms. The second-order valence-electron chi connectivity index (χ2n) is 6.77. The molecule has 20 heavy (non-hydrogen) atoms. The Morgan fingerprint density at radius 2 is 2.00 bits per heavy atom. The monoisotopic (exact) mass is 299 g/mol. The zero-order chi connectivity index (χ0) is 15.3. The highest BCUT2D eigenvalue weighted by molar-refractivity contribution is 7.90. The summed E-state index contributed by atoms with van der Waals surface area (Å²) in [5.74, 6) is 0.114. The molecule has 0 radical (unpaired) electrons. The fourth-order valence-electron chi connectivity index (χ4n) is 4.27. The van der Waals surface area contributed by atoms with Crippen molar-refractivity contribution in [3.8, 4) is 0 Å². The van der Waals surface area contributed by atoms with Gasteiger partial charge in [0, 0.05) is 5.41 Å². The smallest absolute Gasteiger partial charge is 0.259 e. The van der Waals surface area contributed by atoms with Crippen LogP contribution in [-0.4, -0.2) is 30.4 Å². The summed E-state index contributed by atoms with van der Waals surface area (Å²) in [7, 11) is -3.50. The van der Waals surface area contributed by atoms with Gasteiger partial charge in [0.05, 0.1) is 11.8 Å². The maximum Gasteiger partial charge on any atom is 0.259 e. The lowest BCUT2D eigenvalue weighted by Crippen LogP contribution is -2.44. The molecule has 0 aromatic carbocycles. The van der Waals surface area contributed by atoms with E-state index >= 15 is 0 Å². The molecule has 1 saturated heterocycles. The van der Waals surface area contributed by atoms with Crippen molar-refractivity contribution in [3.63, 3.8) is 0 Å². The third-order valence-electron chi connectivity index (χ3n) is 5.91. The lowest BCUT2D eigenvalue weighted by molar-refractivity contribution is -0.124. The minimum Gasteiger partial charge on any atom is -0.269 e. The third kappa shape index (κ3) is 1.78. The third-order valence-corrected chi connectivity index (χ3v) is 7.82. The quantitative estimate of drug-likeness (QED) is 0.736. The lowest BCUT2D eigenvalue weighted by atomic mass is 9.63. The molecule has 114 valence electrons. The fourth-order valence-corrected chi connectivity index (χ4v) is 6.84. The van der Waals surface area contributed by atoms with E-state index in [0.29, 0.717) is 5.92 Å². The average Bonchev–Trinajstić information content (AvgIpc) is 2.67. The molecule has 2 fully saturated rings. The summed E-state index contributed by atoms with van der Waals surface area (Å²) < 4.78 is 26.2. The Bertz CT molecular complexity index is 549. The van der Waals surface area contributed by atoms with Crippen LogP contribution in [-0.2, 0) is 14.8 Å². The number of nitrogens with zero attached hydrogens (tertiary/aromatic N) is 1. The molecule has 1 aliphatic carbocycles. The average molecular weight is 299 g/mol. The first-order valence-corrected chi connectivity index (χ1v) is 8.93. The number of hydrogen-bond acceptors (Lipinski definition) is 3. The van der Waals surface area contributed by atoms with Gasteiger partial charge in [0.1, 0.15) is 0 Å². The standard InChI is InChI=1S/C15H25NO3S/c1-6-8-13(17)16-12-9-11(3)14(4,5)15(12,7-2)10-20(16,18)19/h6,8,11-12H,7,9-10H2,1-5H3/b8-6+/t11-,12-,15?/m0/s1. The Balaban J connectivity index is 2.56. The van der Waals surface area contributed by atoms with E-state index in [1.807, 2.05) is 6.92 Å². The van der Waals surface area contributed by atoms with Crippen molar-refractivity contribution in [3.05, 3.63) is 12.2 Å². The van der Waals surface area contributed by atoms with Gasteiger partial charge in [-0.1, -0.05) is 33.8 Å². The first-order valence-electron chi connectivity index (χ1n) is 7.33. The predicted octanol–water partition coefficient (Wildman–Crippen LogP) is 2.57. The van der Waals surface area contributed by atoms with E-state index in [0.717, 1.165) is 12.8 Å². The number of amides is 1. The van der Waals surface area contributed by atoms with Gasteiger partial charge in [-0.3, -0.25) is 4.79 Å². The fraction of sp³-hybridized carbons (Fsp3) is 0.800. The topological polar surface area (TPSA) is 54.5 Å². The molecular weight excluding hydrogens is 274 g/mol. The van der Waals surface area contributed by atoms with Crippen LogP contribution in [0.1, 0.15) is 47.5 Å². The molecule has 0 spiro atoms. The van der Waals surface area contributed by atoms with Crippen LogP contribution in [0.15, 0.2) is 12.2 Å². The van der Waals surface area contributed by atoms with Crippen LogP contribution in [0, 0.1) is 16.7 Å². The maximum absolute atomic E-state index is 12.5. The summed E-state index contributed by atoms with van der Waals surface area (Å²) in [6, 6.07) is -0.189. The van der Waals surface area contributed by atoms with Crippen molar-refractivity contribution in [2.24, 2.45) is 16.7 Å². The Labute approximate surface area is 122 Å². The second kappa shape index (κ2) is 4.58. The van der Waals surface area contributed by atoms with Crippen molar-refractivity contribution in [2.75, 3.05) is 5.75 Å². The van der Waals surface area contributed by atoms with E-state index in [1.165, 1.54) is 10.4 Å². The first-order chi connectivity index (χ1) is 9.14. The summed E-state index contributed by atoms with van der Waals surface area (Å²) in [6.45, 7) is 10.3. The van der Waals surface area contributed by atoms with E-state index in [1.54, 1.807) is 13.0 Å². The molecule has 0 N–H and O–H groups in total. The Kier molecular flexibility index (Phi) is 3.56. The molecule has 1 unspecified atom stereocenters. The number of carbonyl (C=O) groups excluding carboxylic acids is 1. The van der Waals surface area contributed by atoms with Crippen LogP contribution in [0.25, 0.3) is 0 Å². The molecule has 1 saturated carbocycles. The van der Waals surface area contributed by atoms with Gasteiger partial charge in [0.2, 0.25) is 10.0 Å². The van der Waals surface area contributed by atoms with Crippen LogP contribution in [0.4, 0.5) is 0 Å². The van der Waals surface area contributed by atoms with Gasteiger partial charge >= 0.3 is 0 Å². The van der Waals surface area contributed by atoms with Crippen LogP contribution in [0.5, 0.6) is 0 Å². The van der Waals surface area contributed by atoms with Gasteiger partial charge in [-0.25, -0.2) is 12.7 Å². The predicted molar refractivity (Wildman–Crippen MR) is 79.5 cm³/mol. The number of carbonyl (C=O) groups is 1. The number of hydrogen-bond donors (Lipinski definition) is 0. The number of sulfonamides is 1. The minimum atomic E-state index is -3.50. The minimum absolute atomic E-state index is 0.0789. The number of rotatable bonds is 2. The molecule has 3 atom stereocenters. The Morgan fingerprint density at radius 1 is 1.40 bits per heavy atom. The van der Waals surface area contributed by atoms with Gasteiger partial charge in [-0.05, 0) is 37.2 Å². The van der Waals surface area contributed by atoms with Gasteiger partial charge in [0.15, 0.2) is 0 Å². The summed E-state index contributed by atoms with van der Waals surface area (Å²) in [4.78, 5) is 12.2. The number of allylic oxidation sites excluding steroid dienone is 1. The summed E-state index contributed by atoms with van der Waals surface area (Å²) in [6.07, 6.45) is 4.52. The highest BCUT2D eigenvalue weighted by Crippen LogP contribution is 2.63. The van der Waals surface area contributed by atoms with Crippen molar-refractivity contribution < 1.29 is 13.2 Å². The van der Waals surface area contributed by atoms with Crippen molar-refractivity contribution in [1.29, 1.82) is 0 Å². The highest BCUT2D eigenvalue weighted by Gasteiger charge is 2.67. The van der Waals surface area contributed by atoms with E-state index in [-0.39, 0.29) is 22.6 Å². The zero-order valence-corrected chi connectivity index (χ0v) is 13.8. The highest BCUT2D eigenvalue weighted by atomic mass is 32.2. The van der Waals surface area contributed by atoms with E-state index in [2.05, 4.69) is 20.8 Å². The lowest BCUT2D eigenvalue weighted by Gasteiger charge is -2.41. The normalized spacial score (nSPS) is 38.4. The van der Waals surface area contributed by atoms with E-state index in [9.17, 15) is 13.2 Å². The second-order valence-corrected chi connectivity index (χ2v) is 8.62. The molecule has 2 aliphatic rings. The largest absolute Gasteiger partial charge is 0.269 e. The van der Waals surface area contributed by atoms with Gasteiger partial charge in [-0.2, -0.15) is 0 Å². The molecule has 4 nitrogen and oxygen atoms in total. The molecular formula is C15H25NO3S. The van der Waals surface area contributed by atoms with Gasteiger partial charge < -0.3 is 0 Å². The number of fused-ring (bicyclic) bond motifs is 1. The molecule has 1 heterocycles. The molecule has 0 aromatic heterocycles. The summed E-state index contributed by atoms with van der Waals surface area (Å²) in [5, 5.41) is 0. The SMILES string of the molecule is C/C=C/C(=O)N1[C@H]2C[C@H](C)C(C)(C)C2(CC)CS1(=O)=O. The molecule has 1 amide bonds. The van der Waals surface area contributed by atoms with E-state index < -0.39 is 15.9 Å². The zero-order valence-electron chi connectivity index (χ0n) is 13.0. The van der Waals surface area contributed by atoms with Crippen LogP contribution in [0.3, 0.4) is 0 Å². The summed E-state index contributed by atoms with van der Waals surface area (Å²) >= 11 is 0. The summed E-state index contributed by atoms with van der Waals surface area (Å²) in [5.41, 5.74) is -0.396. The van der Waals surface area contributed by atoms with Crippen molar-refractivity contribution in [2.45, 2.75) is 53.5 Å². The van der Waals surface area contributed by atoms with Gasteiger partial charge in [0.25, 0.3) is 5.91 Å². The van der Waals surface area contributed by atoms with Gasteiger partial charge in [-0.15, -0.1) is 0 Å². The van der Waals surface area contributed by atoms with Crippen molar-refractivity contribution in [1.82, 2.24) is 4.31 Å². The van der Waals surface area contributed by atoms with E-state index in [4.69, 9.17) is 0 Å². The van der Waals surface area contributed by atoms with Crippen LogP contribution in [0.2, 0.25) is 0 Å². The molecule has 2 rings (SSSR count). The van der Waals surface area contributed by atoms with Crippen LogP contribution < -0.4 is 0 Å². The first kappa shape index (κ1) is 15.5. The molecule has 1 aliphatic heterocycles. The Hall–Kier alpha value is -0.840. The molecule has 0 bridgehead atoms. The Morgan fingerprint density at radius 3 is 2.50 bits per heavy atom. The van der Waals surface area contributed by atoms with Crippen LogP contribution >= 0.6 is 0 Å². The van der Waals surface area contributed by atoms with Crippen molar-refractivity contribution >= 4 is 15.9 Å². The molecule has 0 aromatic rings.